The fourth-order valence-corrected chi connectivity index (χ4v) is 2.71. The van der Waals surface area contributed by atoms with Crippen LogP contribution >= 0.6 is 11.6 Å². The van der Waals surface area contributed by atoms with Crippen LogP contribution in [0.1, 0.15) is 18.9 Å². The Balaban J connectivity index is 1.98. The maximum absolute atomic E-state index is 12.5. The summed E-state index contributed by atoms with van der Waals surface area (Å²) in [7, 11) is 0. The predicted octanol–water partition coefficient (Wildman–Crippen LogP) is 3.05. The van der Waals surface area contributed by atoms with E-state index in [0.29, 0.717) is 22.0 Å². The van der Waals surface area contributed by atoms with E-state index in [9.17, 15) is 8.78 Å². The number of hydrogen-bond donors (Lipinski definition) is 2. The molecule has 118 valence electrons. The summed E-state index contributed by atoms with van der Waals surface area (Å²) in [6.45, 7) is -2.94. The Hall–Kier alpha value is -1.86. The van der Waals surface area contributed by atoms with E-state index in [0.717, 1.165) is 12.8 Å². The van der Waals surface area contributed by atoms with E-state index in [4.69, 9.17) is 23.1 Å². The second kappa shape index (κ2) is 5.73. The molecule has 2 aromatic rings. The van der Waals surface area contributed by atoms with Crippen molar-refractivity contribution < 1.29 is 13.5 Å². The third-order valence-electron chi connectivity index (χ3n) is 3.70. The normalized spacial score (nSPS) is 21.0. The molecule has 1 aliphatic rings. The van der Waals surface area contributed by atoms with Gasteiger partial charge in [0.1, 0.15) is 11.4 Å². The first-order valence-corrected chi connectivity index (χ1v) is 7.16. The van der Waals surface area contributed by atoms with E-state index in [1.807, 2.05) is 0 Å². The first kappa shape index (κ1) is 15.1. The van der Waals surface area contributed by atoms with E-state index in [1.165, 1.54) is 18.2 Å². The van der Waals surface area contributed by atoms with Crippen LogP contribution in [0.25, 0.3) is 11.3 Å². The number of rotatable bonds is 4. The summed E-state index contributed by atoms with van der Waals surface area (Å²) < 4.78 is 31.3. The molecule has 22 heavy (non-hydrogen) atoms. The molecule has 0 radical (unpaired) electrons. The van der Waals surface area contributed by atoms with Gasteiger partial charge in [0.2, 0.25) is 0 Å². The highest BCUT2D eigenvalue weighted by atomic mass is 35.5. The highest BCUT2D eigenvalue weighted by Gasteiger charge is 2.29. The molecule has 4 N–H and O–H groups in total. The van der Waals surface area contributed by atoms with E-state index >= 15 is 0 Å². The van der Waals surface area contributed by atoms with Gasteiger partial charge < -0.3 is 16.2 Å². The fraction of sp³-hybridized carbons (Fsp3) is 0.357. The fourth-order valence-electron chi connectivity index (χ4n) is 2.53. The number of benzene rings is 1. The summed E-state index contributed by atoms with van der Waals surface area (Å²) in [4.78, 5) is 0. The van der Waals surface area contributed by atoms with Crippen LogP contribution in [-0.2, 0) is 0 Å². The minimum atomic E-state index is -2.94. The Kier molecular flexibility index (Phi) is 3.92. The number of nitrogens with two attached hydrogens (primary N) is 2. The molecule has 5 nitrogen and oxygen atoms in total. The van der Waals surface area contributed by atoms with Crippen LogP contribution in [0.5, 0.6) is 5.75 Å². The van der Waals surface area contributed by atoms with Gasteiger partial charge in [-0.1, -0.05) is 11.6 Å². The van der Waals surface area contributed by atoms with Gasteiger partial charge in [0, 0.05) is 22.8 Å². The van der Waals surface area contributed by atoms with Crippen LogP contribution in [0, 0.1) is 0 Å². The molecule has 3 rings (SSSR count). The van der Waals surface area contributed by atoms with Crippen molar-refractivity contribution in [3.05, 3.63) is 29.4 Å². The second-order valence-corrected chi connectivity index (χ2v) is 5.75. The van der Waals surface area contributed by atoms with Crippen molar-refractivity contribution in [3.63, 3.8) is 0 Å². The van der Waals surface area contributed by atoms with Crippen molar-refractivity contribution in [2.45, 2.75) is 31.5 Å². The monoisotopic (exact) mass is 328 g/mol. The van der Waals surface area contributed by atoms with Crippen LogP contribution in [0.2, 0.25) is 5.02 Å². The Bertz CT molecular complexity index is 685. The molecule has 0 unspecified atom stereocenters. The topological polar surface area (TPSA) is 79.1 Å². The number of hydrogen-bond acceptors (Lipinski definition) is 4. The number of ether oxygens (including phenoxy) is 1. The first-order chi connectivity index (χ1) is 10.4. The molecule has 1 aliphatic carbocycles. The smallest absolute Gasteiger partial charge is 0.387 e. The summed E-state index contributed by atoms with van der Waals surface area (Å²) in [5.41, 5.74) is 12.8. The SMILES string of the molecule is Nc1cn(C2CC(N)C2)nc1-c1cc(Cl)ccc1OC(F)F. The van der Waals surface area contributed by atoms with E-state index in [2.05, 4.69) is 9.84 Å². The summed E-state index contributed by atoms with van der Waals surface area (Å²) in [5, 5.41) is 4.78. The predicted molar refractivity (Wildman–Crippen MR) is 80.0 cm³/mol. The molecule has 1 fully saturated rings. The third-order valence-corrected chi connectivity index (χ3v) is 3.93. The molecular weight excluding hydrogens is 314 g/mol. The van der Waals surface area contributed by atoms with Gasteiger partial charge in [-0.15, -0.1) is 0 Å². The van der Waals surface area contributed by atoms with E-state index < -0.39 is 6.61 Å². The lowest BCUT2D eigenvalue weighted by Crippen LogP contribution is -2.37. The van der Waals surface area contributed by atoms with Gasteiger partial charge in [0.25, 0.3) is 0 Å². The summed E-state index contributed by atoms with van der Waals surface area (Å²) in [6, 6.07) is 4.71. The molecule has 1 saturated carbocycles. The van der Waals surface area contributed by atoms with Crippen molar-refractivity contribution >= 4 is 17.3 Å². The number of aromatic nitrogens is 2. The largest absolute Gasteiger partial charge is 0.434 e. The molecule has 0 aliphatic heterocycles. The standard InChI is InChI=1S/C14H15ClF2N4O/c15-7-1-2-12(22-14(16)17)10(3-7)13-11(19)6-21(20-13)9-4-8(18)5-9/h1-3,6,8-9,14H,4-5,18-19H2. The second-order valence-electron chi connectivity index (χ2n) is 5.32. The van der Waals surface area contributed by atoms with Gasteiger partial charge in [-0.2, -0.15) is 13.9 Å². The summed E-state index contributed by atoms with van der Waals surface area (Å²) in [6.07, 6.45) is 3.31. The maximum atomic E-state index is 12.5. The molecule has 1 aromatic carbocycles. The van der Waals surface area contributed by atoms with E-state index in [-0.39, 0.29) is 17.8 Å². The molecule has 1 aromatic heterocycles. The third kappa shape index (κ3) is 2.86. The number of halogens is 3. The van der Waals surface area contributed by atoms with Crippen molar-refractivity contribution in [1.82, 2.24) is 9.78 Å². The van der Waals surface area contributed by atoms with Gasteiger partial charge in [-0.25, -0.2) is 0 Å². The summed E-state index contributed by atoms with van der Waals surface area (Å²) >= 11 is 5.95. The van der Waals surface area contributed by atoms with Crippen LogP contribution in [0.3, 0.4) is 0 Å². The molecule has 0 atom stereocenters. The molecule has 0 saturated heterocycles. The highest BCUT2D eigenvalue weighted by molar-refractivity contribution is 6.31. The Morgan fingerprint density at radius 3 is 2.73 bits per heavy atom. The zero-order valence-corrected chi connectivity index (χ0v) is 12.3. The molecule has 0 bridgehead atoms. The minimum Gasteiger partial charge on any atom is -0.434 e. The quantitative estimate of drug-likeness (QED) is 0.904. The molecule has 8 heteroatoms. The van der Waals surface area contributed by atoms with Gasteiger partial charge >= 0.3 is 6.61 Å². The van der Waals surface area contributed by atoms with Crippen molar-refractivity contribution in [3.8, 4) is 17.0 Å². The number of nitrogens with zero attached hydrogens (tertiary/aromatic N) is 2. The van der Waals surface area contributed by atoms with Gasteiger partial charge in [0.15, 0.2) is 0 Å². The number of anilines is 1. The van der Waals surface area contributed by atoms with Crippen molar-refractivity contribution in [1.29, 1.82) is 0 Å². The first-order valence-electron chi connectivity index (χ1n) is 6.79. The van der Waals surface area contributed by atoms with Gasteiger partial charge in [0.05, 0.1) is 11.7 Å². The lowest BCUT2D eigenvalue weighted by Gasteiger charge is -2.32. The van der Waals surface area contributed by atoms with E-state index in [1.54, 1.807) is 10.9 Å². The molecule has 0 spiro atoms. The van der Waals surface area contributed by atoms with Crippen molar-refractivity contribution in [2.24, 2.45) is 5.73 Å². The molecule has 0 amide bonds. The molecular formula is C14H15ClF2N4O. The van der Waals surface area contributed by atoms with Crippen LogP contribution in [-0.4, -0.2) is 22.4 Å². The average Bonchev–Trinajstić information content (AvgIpc) is 2.78. The Morgan fingerprint density at radius 2 is 2.09 bits per heavy atom. The Labute approximate surface area is 130 Å². The lowest BCUT2D eigenvalue weighted by atomic mass is 9.88. The zero-order valence-electron chi connectivity index (χ0n) is 11.5. The van der Waals surface area contributed by atoms with Gasteiger partial charge in [-0.05, 0) is 31.0 Å². The van der Waals surface area contributed by atoms with Crippen LogP contribution in [0.15, 0.2) is 24.4 Å². The van der Waals surface area contributed by atoms with Crippen LogP contribution < -0.4 is 16.2 Å². The average molecular weight is 329 g/mol. The number of alkyl halides is 2. The lowest BCUT2D eigenvalue weighted by molar-refractivity contribution is -0.0494. The number of nitrogen functional groups attached to an aromatic ring is 1. The highest BCUT2D eigenvalue weighted by Crippen LogP contribution is 2.38. The van der Waals surface area contributed by atoms with Gasteiger partial charge in [-0.3, -0.25) is 4.68 Å². The summed E-state index contributed by atoms with van der Waals surface area (Å²) in [5.74, 6) is -0.0124. The molecule has 1 heterocycles. The minimum absolute atomic E-state index is 0.0124. The maximum Gasteiger partial charge on any atom is 0.387 e. The Morgan fingerprint density at radius 1 is 1.36 bits per heavy atom. The zero-order chi connectivity index (χ0) is 15.9. The van der Waals surface area contributed by atoms with Crippen molar-refractivity contribution in [2.75, 3.05) is 5.73 Å². The van der Waals surface area contributed by atoms with Crippen LogP contribution in [0.4, 0.5) is 14.5 Å².